The van der Waals surface area contributed by atoms with Crippen molar-refractivity contribution in [3.63, 3.8) is 0 Å². The first-order valence-corrected chi connectivity index (χ1v) is 15.3. The summed E-state index contributed by atoms with van der Waals surface area (Å²) in [5, 5.41) is 15.8. The van der Waals surface area contributed by atoms with Crippen LogP contribution in [0.5, 0.6) is 0 Å². The molecule has 0 nitrogen and oxygen atoms in total. The minimum Gasteiger partial charge on any atom is -0.0622 e. The Morgan fingerprint density at radius 1 is 0.227 bits per heavy atom. The zero-order valence-electron chi connectivity index (χ0n) is 24.0. The second-order valence-electron chi connectivity index (χ2n) is 12.1. The predicted molar refractivity (Wildman–Crippen MR) is 190 cm³/mol. The Bertz CT molecular complexity index is 2500. The molecule has 0 aliphatic rings. The molecule has 10 aromatic rings. The summed E-state index contributed by atoms with van der Waals surface area (Å²) in [4.78, 5) is 0. The van der Waals surface area contributed by atoms with Crippen LogP contribution < -0.4 is 0 Å². The molecule has 0 bridgehead atoms. The van der Waals surface area contributed by atoms with E-state index in [1.165, 1.54) is 98.0 Å². The van der Waals surface area contributed by atoms with Crippen molar-refractivity contribution in [2.24, 2.45) is 0 Å². The van der Waals surface area contributed by atoms with E-state index in [2.05, 4.69) is 158 Å². The van der Waals surface area contributed by atoms with Crippen molar-refractivity contribution in [1.29, 1.82) is 0 Å². The number of hydrogen-bond donors (Lipinski definition) is 0. The Balaban J connectivity index is 1.29. The lowest BCUT2D eigenvalue weighted by atomic mass is 9.86. The van der Waals surface area contributed by atoms with E-state index >= 15 is 0 Å². The molecule has 0 radical (unpaired) electrons. The summed E-state index contributed by atoms with van der Waals surface area (Å²) in [6.45, 7) is 0. The Hall–Kier alpha value is -5.72. The van der Waals surface area contributed by atoms with Crippen LogP contribution in [0.1, 0.15) is 0 Å². The largest absolute Gasteiger partial charge is 0.0622 e. The van der Waals surface area contributed by atoms with E-state index in [4.69, 9.17) is 0 Å². The monoisotopic (exact) mass is 554 g/mol. The van der Waals surface area contributed by atoms with Gasteiger partial charge in [0.15, 0.2) is 0 Å². The summed E-state index contributed by atoms with van der Waals surface area (Å²) >= 11 is 0. The molecule has 10 rings (SSSR count). The molecule has 0 aliphatic heterocycles. The van der Waals surface area contributed by atoms with Crippen LogP contribution in [-0.2, 0) is 0 Å². The molecular formula is C44H26. The lowest BCUT2D eigenvalue weighted by molar-refractivity contribution is 1.59. The van der Waals surface area contributed by atoms with Gasteiger partial charge in [-0.05, 0) is 116 Å². The highest BCUT2D eigenvalue weighted by Crippen LogP contribution is 2.44. The van der Waals surface area contributed by atoms with E-state index in [0.717, 1.165) is 0 Å². The van der Waals surface area contributed by atoms with Crippen LogP contribution in [-0.4, -0.2) is 0 Å². The highest BCUT2D eigenvalue weighted by atomic mass is 14.2. The van der Waals surface area contributed by atoms with E-state index in [1.807, 2.05) is 0 Å². The molecule has 0 saturated carbocycles. The summed E-state index contributed by atoms with van der Waals surface area (Å²) in [6, 6.07) is 58.7. The average Bonchev–Trinajstić information content (AvgIpc) is 3.09. The molecule has 0 fully saturated rings. The first kappa shape index (κ1) is 23.8. The molecular weight excluding hydrogens is 528 g/mol. The first-order valence-electron chi connectivity index (χ1n) is 15.3. The lowest BCUT2D eigenvalue weighted by Crippen LogP contribution is -1.91. The van der Waals surface area contributed by atoms with Crippen molar-refractivity contribution >= 4 is 64.6 Å². The van der Waals surface area contributed by atoms with E-state index in [9.17, 15) is 0 Å². The zero-order chi connectivity index (χ0) is 28.8. The first-order chi connectivity index (χ1) is 21.8. The van der Waals surface area contributed by atoms with Crippen LogP contribution in [0.15, 0.2) is 158 Å². The second kappa shape index (κ2) is 8.89. The quantitative estimate of drug-likeness (QED) is 0.191. The van der Waals surface area contributed by atoms with Crippen LogP contribution in [0.25, 0.3) is 98.0 Å². The maximum Gasteiger partial charge on any atom is -0.00206 e. The Morgan fingerprint density at radius 2 is 0.614 bits per heavy atom. The summed E-state index contributed by atoms with van der Waals surface area (Å²) in [5.74, 6) is 0. The van der Waals surface area contributed by atoms with Crippen molar-refractivity contribution < 1.29 is 0 Å². The normalized spacial score (nSPS) is 12.1. The Morgan fingerprint density at radius 3 is 1.09 bits per heavy atom. The van der Waals surface area contributed by atoms with Crippen LogP contribution in [0, 0.1) is 0 Å². The van der Waals surface area contributed by atoms with Crippen molar-refractivity contribution in [2.75, 3.05) is 0 Å². The molecule has 0 heteroatoms. The topological polar surface area (TPSA) is 0 Å². The molecule has 202 valence electrons. The van der Waals surface area contributed by atoms with Gasteiger partial charge in [-0.15, -0.1) is 0 Å². The molecule has 0 atom stereocenters. The van der Waals surface area contributed by atoms with Gasteiger partial charge in [0.2, 0.25) is 0 Å². The van der Waals surface area contributed by atoms with Crippen LogP contribution >= 0.6 is 0 Å². The van der Waals surface area contributed by atoms with E-state index in [-0.39, 0.29) is 0 Å². The zero-order valence-corrected chi connectivity index (χ0v) is 24.0. The maximum absolute atomic E-state index is 2.41. The van der Waals surface area contributed by atoms with Gasteiger partial charge in [0, 0.05) is 0 Å². The van der Waals surface area contributed by atoms with E-state index < -0.39 is 0 Å². The van der Waals surface area contributed by atoms with Gasteiger partial charge in [0.25, 0.3) is 0 Å². The minimum atomic E-state index is 1.23. The third-order valence-electron chi connectivity index (χ3n) is 9.72. The van der Waals surface area contributed by atoms with Gasteiger partial charge in [0.05, 0.1) is 0 Å². The summed E-state index contributed by atoms with van der Waals surface area (Å²) < 4.78 is 0. The Kier molecular flexibility index (Phi) is 4.81. The lowest BCUT2D eigenvalue weighted by Gasteiger charge is -2.18. The highest BCUT2D eigenvalue weighted by Gasteiger charge is 2.16. The third kappa shape index (κ3) is 3.34. The third-order valence-corrected chi connectivity index (χ3v) is 9.72. The van der Waals surface area contributed by atoms with Gasteiger partial charge >= 0.3 is 0 Å². The van der Waals surface area contributed by atoms with Gasteiger partial charge in [-0.1, -0.05) is 140 Å². The molecule has 0 amide bonds. The molecule has 44 heavy (non-hydrogen) atoms. The maximum atomic E-state index is 2.41. The average molecular weight is 555 g/mol. The second-order valence-corrected chi connectivity index (χ2v) is 12.1. The molecule has 0 aliphatic carbocycles. The number of rotatable bonds is 3. The fraction of sp³-hybridized carbons (Fsp3) is 0. The Labute approximate surface area is 255 Å². The molecule has 0 spiro atoms. The van der Waals surface area contributed by atoms with Crippen molar-refractivity contribution in [1.82, 2.24) is 0 Å². The molecule has 0 saturated heterocycles. The molecule has 0 unspecified atom stereocenters. The van der Waals surface area contributed by atoms with Crippen LogP contribution in [0.4, 0.5) is 0 Å². The van der Waals surface area contributed by atoms with Crippen molar-refractivity contribution in [2.45, 2.75) is 0 Å². The van der Waals surface area contributed by atoms with Gasteiger partial charge in [-0.2, -0.15) is 0 Å². The number of benzene rings is 10. The molecule has 0 heterocycles. The smallest absolute Gasteiger partial charge is 0.00206 e. The van der Waals surface area contributed by atoms with Crippen LogP contribution in [0.2, 0.25) is 0 Å². The standard InChI is InChI=1S/C44H26/c1-2-6-27(7-3-1)34-24-35(37-20-16-32-14-12-28-8-4-10-30-18-22-39(37)43(32)41(28)30)26-36(25-34)38-21-17-33-15-13-29-9-5-11-31-19-23-40(38)44(33)42(29)31/h1-26H. The summed E-state index contributed by atoms with van der Waals surface area (Å²) in [7, 11) is 0. The SMILES string of the molecule is c1ccc(-c2cc(-c3ccc4ccc5cccc6ccc3c4c56)cc(-c3ccc4ccc5cccc6ccc3c4c56)c2)cc1. The van der Waals surface area contributed by atoms with E-state index in [1.54, 1.807) is 0 Å². The highest BCUT2D eigenvalue weighted by molar-refractivity contribution is 6.27. The van der Waals surface area contributed by atoms with Crippen molar-refractivity contribution in [3.8, 4) is 33.4 Å². The fourth-order valence-electron chi connectivity index (χ4n) is 7.71. The van der Waals surface area contributed by atoms with Crippen molar-refractivity contribution in [3.05, 3.63) is 158 Å². The fourth-order valence-corrected chi connectivity index (χ4v) is 7.71. The molecule has 0 N–H and O–H groups in total. The van der Waals surface area contributed by atoms with Gasteiger partial charge in [0.1, 0.15) is 0 Å². The molecule has 10 aromatic carbocycles. The predicted octanol–water partition coefficient (Wildman–Crippen LogP) is 12.5. The van der Waals surface area contributed by atoms with Crippen LogP contribution in [0.3, 0.4) is 0 Å². The minimum absolute atomic E-state index is 1.23. The van der Waals surface area contributed by atoms with E-state index in [0.29, 0.717) is 0 Å². The molecule has 0 aromatic heterocycles. The summed E-state index contributed by atoms with van der Waals surface area (Å²) in [6.07, 6.45) is 0. The van der Waals surface area contributed by atoms with Gasteiger partial charge in [-0.25, -0.2) is 0 Å². The summed E-state index contributed by atoms with van der Waals surface area (Å²) in [5.41, 5.74) is 7.48. The van der Waals surface area contributed by atoms with Gasteiger partial charge < -0.3 is 0 Å². The number of hydrogen-bond acceptors (Lipinski definition) is 0. The van der Waals surface area contributed by atoms with Gasteiger partial charge in [-0.3, -0.25) is 0 Å².